The van der Waals surface area contributed by atoms with Crippen molar-refractivity contribution in [2.45, 2.75) is 33.1 Å². The molecular weight excluding hydrogens is 248 g/mol. The highest BCUT2D eigenvalue weighted by atomic mass is 15.0. The summed E-state index contributed by atoms with van der Waals surface area (Å²) in [6.45, 7) is 8.28. The van der Waals surface area contributed by atoms with Crippen molar-refractivity contribution in [2.24, 2.45) is 0 Å². The molecule has 4 nitrogen and oxygen atoms in total. The van der Waals surface area contributed by atoms with Crippen LogP contribution in [0.5, 0.6) is 0 Å². The summed E-state index contributed by atoms with van der Waals surface area (Å²) >= 11 is 0. The van der Waals surface area contributed by atoms with E-state index in [2.05, 4.69) is 48.2 Å². The van der Waals surface area contributed by atoms with Crippen molar-refractivity contribution in [3.05, 3.63) is 47.4 Å². The van der Waals surface area contributed by atoms with Crippen molar-refractivity contribution in [3.63, 3.8) is 0 Å². The summed E-state index contributed by atoms with van der Waals surface area (Å²) < 4.78 is 0. The van der Waals surface area contributed by atoms with Gasteiger partial charge in [-0.1, -0.05) is 39.0 Å². The molecule has 2 aromatic rings. The molecule has 2 rings (SSSR count). The van der Waals surface area contributed by atoms with E-state index in [0.717, 1.165) is 5.69 Å². The van der Waals surface area contributed by atoms with Crippen LogP contribution in [0.15, 0.2) is 30.5 Å². The van der Waals surface area contributed by atoms with Crippen molar-refractivity contribution >= 4 is 11.5 Å². The van der Waals surface area contributed by atoms with Gasteiger partial charge < -0.3 is 5.32 Å². The summed E-state index contributed by atoms with van der Waals surface area (Å²) in [5.74, 6) is 1.19. The molecule has 1 aromatic carbocycles. The van der Waals surface area contributed by atoms with Gasteiger partial charge in [-0.05, 0) is 24.0 Å². The molecule has 1 N–H and O–H groups in total. The molecule has 0 spiro atoms. The molecule has 0 aliphatic carbocycles. The molecule has 0 aliphatic rings. The topological polar surface area (TPSA) is 61.6 Å². The minimum atomic E-state index is 0.0124. The van der Waals surface area contributed by atoms with E-state index in [-0.39, 0.29) is 5.41 Å². The Bertz CT molecular complexity index is 663. The van der Waals surface area contributed by atoms with E-state index in [1.54, 1.807) is 6.20 Å². The summed E-state index contributed by atoms with van der Waals surface area (Å²) in [5.41, 5.74) is 2.60. The summed E-state index contributed by atoms with van der Waals surface area (Å²) in [4.78, 5) is 8.37. The zero-order chi connectivity index (χ0) is 14.8. The second-order valence-electron chi connectivity index (χ2n) is 5.71. The fourth-order valence-corrected chi connectivity index (χ4v) is 2.02. The van der Waals surface area contributed by atoms with Gasteiger partial charge in [0.15, 0.2) is 5.82 Å². The highest BCUT2D eigenvalue weighted by molar-refractivity contribution is 5.66. The van der Waals surface area contributed by atoms with Crippen LogP contribution in [0.3, 0.4) is 0 Å². The fraction of sp³-hybridized carbons (Fsp3) is 0.312. The highest BCUT2D eigenvalue weighted by Crippen LogP contribution is 2.31. The van der Waals surface area contributed by atoms with Crippen molar-refractivity contribution in [2.75, 3.05) is 5.32 Å². The molecule has 0 saturated heterocycles. The quantitative estimate of drug-likeness (QED) is 0.900. The highest BCUT2D eigenvalue weighted by Gasteiger charge is 2.18. The van der Waals surface area contributed by atoms with E-state index < -0.39 is 0 Å². The number of rotatable bonds is 2. The maximum Gasteiger partial charge on any atom is 0.152 e. The molecule has 0 fully saturated rings. The largest absolute Gasteiger partial charge is 0.339 e. The lowest BCUT2D eigenvalue weighted by Gasteiger charge is -2.23. The van der Waals surface area contributed by atoms with E-state index in [1.165, 1.54) is 5.56 Å². The van der Waals surface area contributed by atoms with Crippen LogP contribution >= 0.6 is 0 Å². The number of hydrogen-bond donors (Lipinski definition) is 1. The van der Waals surface area contributed by atoms with Crippen LogP contribution in [-0.2, 0) is 5.41 Å². The molecule has 0 radical (unpaired) electrons. The van der Waals surface area contributed by atoms with E-state index in [4.69, 9.17) is 5.26 Å². The van der Waals surface area contributed by atoms with Gasteiger partial charge in [-0.15, -0.1) is 0 Å². The van der Waals surface area contributed by atoms with Gasteiger partial charge in [0.05, 0.1) is 6.20 Å². The van der Waals surface area contributed by atoms with Crippen LogP contribution in [0.4, 0.5) is 11.5 Å². The van der Waals surface area contributed by atoms with Gasteiger partial charge in [0, 0.05) is 5.69 Å². The minimum Gasteiger partial charge on any atom is -0.339 e. The number of nitrogens with one attached hydrogen (secondary N) is 1. The molecule has 20 heavy (non-hydrogen) atoms. The van der Waals surface area contributed by atoms with Crippen molar-refractivity contribution in [1.29, 1.82) is 5.26 Å². The predicted octanol–water partition coefficient (Wildman–Crippen LogP) is 3.70. The minimum absolute atomic E-state index is 0.0124. The molecular formula is C16H18N4. The first kappa shape index (κ1) is 14.0. The summed E-state index contributed by atoms with van der Waals surface area (Å²) in [7, 11) is 0. The smallest absolute Gasteiger partial charge is 0.152 e. The molecule has 102 valence electrons. The number of aryl methyl sites for hydroxylation is 1. The molecule has 0 atom stereocenters. The SMILES string of the molecule is Cc1ncc(C#N)c(Nc2ccccc2C(C)(C)C)n1. The first-order chi connectivity index (χ1) is 9.41. The first-order valence-electron chi connectivity index (χ1n) is 6.52. The third-order valence-corrected chi connectivity index (χ3v) is 3.02. The van der Waals surface area contributed by atoms with E-state index in [9.17, 15) is 0 Å². The number of nitriles is 1. The standard InChI is InChI=1S/C16H18N4/c1-11-18-10-12(9-17)15(19-11)20-14-8-6-5-7-13(14)16(2,3)4/h5-8,10H,1-4H3,(H,18,19,20). The van der Waals surface area contributed by atoms with Gasteiger partial charge in [-0.2, -0.15) is 5.26 Å². The molecule has 0 bridgehead atoms. The van der Waals surface area contributed by atoms with E-state index >= 15 is 0 Å². The van der Waals surface area contributed by atoms with Gasteiger partial charge in [0.2, 0.25) is 0 Å². The number of nitrogens with zero attached hydrogens (tertiary/aromatic N) is 3. The van der Waals surface area contributed by atoms with Gasteiger partial charge in [0.25, 0.3) is 0 Å². The van der Waals surface area contributed by atoms with Crippen LogP contribution in [0.1, 0.15) is 37.7 Å². The average molecular weight is 266 g/mol. The lowest BCUT2D eigenvalue weighted by atomic mass is 9.86. The van der Waals surface area contributed by atoms with Crippen molar-refractivity contribution in [3.8, 4) is 6.07 Å². The van der Waals surface area contributed by atoms with Crippen molar-refractivity contribution < 1.29 is 0 Å². The summed E-state index contributed by atoms with van der Waals surface area (Å²) in [6.07, 6.45) is 1.55. The Kier molecular flexibility index (Phi) is 3.71. The first-order valence-corrected chi connectivity index (χ1v) is 6.52. The molecule has 0 unspecified atom stereocenters. The fourth-order valence-electron chi connectivity index (χ4n) is 2.02. The summed E-state index contributed by atoms with van der Waals surface area (Å²) in [5, 5.41) is 12.4. The lowest BCUT2D eigenvalue weighted by Crippen LogP contribution is -2.14. The molecule has 1 heterocycles. The Morgan fingerprint density at radius 2 is 1.90 bits per heavy atom. The Balaban J connectivity index is 2.46. The number of para-hydroxylation sites is 1. The molecule has 0 aliphatic heterocycles. The van der Waals surface area contributed by atoms with Crippen molar-refractivity contribution in [1.82, 2.24) is 9.97 Å². The monoisotopic (exact) mass is 266 g/mol. The Morgan fingerprint density at radius 1 is 1.20 bits per heavy atom. The maximum atomic E-state index is 9.15. The third-order valence-electron chi connectivity index (χ3n) is 3.02. The van der Waals surface area contributed by atoms with Gasteiger partial charge >= 0.3 is 0 Å². The number of benzene rings is 1. The van der Waals surface area contributed by atoms with Crippen LogP contribution in [-0.4, -0.2) is 9.97 Å². The average Bonchev–Trinajstić information content (AvgIpc) is 2.38. The van der Waals surface area contributed by atoms with Gasteiger partial charge in [0.1, 0.15) is 17.5 Å². The van der Waals surface area contributed by atoms with Gasteiger partial charge in [-0.25, -0.2) is 9.97 Å². The Labute approximate surface area is 119 Å². The zero-order valence-corrected chi connectivity index (χ0v) is 12.2. The van der Waals surface area contributed by atoms with E-state index in [1.807, 2.05) is 25.1 Å². The third kappa shape index (κ3) is 2.94. The summed E-state index contributed by atoms with van der Waals surface area (Å²) in [6, 6.07) is 10.2. The van der Waals surface area contributed by atoms with Gasteiger partial charge in [-0.3, -0.25) is 0 Å². The molecule has 1 aromatic heterocycles. The zero-order valence-electron chi connectivity index (χ0n) is 12.2. The normalized spacial score (nSPS) is 10.9. The predicted molar refractivity (Wildman–Crippen MR) is 79.9 cm³/mol. The second kappa shape index (κ2) is 5.30. The van der Waals surface area contributed by atoms with Crippen LogP contribution in [0, 0.1) is 18.3 Å². The Hall–Kier alpha value is -2.41. The van der Waals surface area contributed by atoms with Crippen LogP contribution < -0.4 is 5.32 Å². The number of aromatic nitrogens is 2. The van der Waals surface area contributed by atoms with Crippen LogP contribution in [0.25, 0.3) is 0 Å². The molecule has 0 saturated carbocycles. The Morgan fingerprint density at radius 3 is 2.55 bits per heavy atom. The van der Waals surface area contributed by atoms with E-state index in [0.29, 0.717) is 17.2 Å². The number of hydrogen-bond acceptors (Lipinski definition) is 4. The lowest BCUT2D eigenvalue weighted by molar-refractivity contribution is 0.592. The van der Waals surface area contributed by atoms with Crippen LogP contribution in [0.2, 0.25) is 0 Å². The molecule has 0 amide bonds. The number of anilines is 2. The second-order valence-corrected chi connectivity index (χ2v) is 5.71. The maximum absolute atomic E-state index is 9.15. The molecule has 4 heteroatoms.